The summed E-state index contributed by atoms with van der Waals surface area (Å²) >= 11 is 9.08. The summed E-state index contributed by atoms with van der Waals surface area (Å²) in [5.41, 5.74) is 3.32. The first-order valence-corrected chi connectivity index (χ1v) is 11.0. The van der Waals surface area contributed by atoms with E-state index in [0.717, 1.165) is 31.0 Å². The number of carbonyl (C=O) groups excluding carboxylic acids is 2. The summed E-state index contributed by atoms with van der Waals surface area (Å²) in [4.78, 5) is 24.9. The Balaban J connectivity index is 2.04. The van der Waals surface area contributed by atoms with Crippen molar-refractivity contribution in [2.24, 2.45) is 0 Å². The van der Waals surface area contributed by atoms with E-state index in [4.69, 9.17) is 16.0 Å². The molecule has 28 heavy (non-hydrogen) atoms. The predicted molar refractivity (Wildman–Crippen MR) is 117 cm³/mol. The summed E-state index contributed by atoms with van der Waals surface area (Å²) in [6, 6.07) is 12.7. The number of rotatable bonds is 9. The second-order valence-electron chi connectivity index (χ2n) is 6.81. The summed E-state index contributed by atoms with van der Waals surface area (Å²) in [5.74, 6) is 0.584. The summed E-state index contributed by atoms with van der Waals surface area (Å²) in [6.07, 6.45) is 4.62. The van der Waals surface area contributed by atoms with Crippen molar-refractivity contribution in [1.82, 2.24) is 0 Å². The molecule has 3 aromatic rings. The minimum absolute atomic E-state index is 0.0870. The van der Waals surface area contributed by atoms with E-state index in [9.17, 15) is 9.59 Å². The van der Waals surface area contributed by atoms with Gasteiger partial charge < -0.3 is 4.42 Å². The number of alkyl halides is 1. The van der Waals surface area contributed by atoms with Gasteiger partial charge in [-0.3, -0.25) is 9.59 Å². The van der Waals surface area contributed by atoms with Crippen LogP contribution in [0.1, 0.15) is 63.8 Å². The van der Waals surface area contributed by atoms with Crippen LogP contribution in [0.3, 0.4) is 0 Å². The molecule has 0 amide bonds. The molecule has 0 aliphatic carbocycles. The molecular formula is C23H22BrClO3. The van der Waals surface area contributed by atoms with Crippen molar-refractivity contribution in [3.8, 4) is 0 Å². The SMILES string of the molecule is CCCCc1oc2ccc(C(=O)Cl)cc2c1C(=O)c1ccc(CCCBr)cc1. The van der Waals surface area contributed by atoms with Crippen molar-refractivity contribution in [2.75, 3.05) is 5.33 Å². The number of furan rings is 1. The van der Waals surface area contributed by atoms with Crippen molar-refractivity contribution in [1.29, 1.82) is 0 Å². The van der Waals surface area contributed by atoms with E-state index in [-0.39, 0.29) is 5.78 Å². The maximum atomic E-state index is 13.3. The number of unbranched alkanes of at least 4 members (excludes halogenated alkanes) is 1. The number of aryl methyl sites for hydroxylation is 2. The Bertz CT molecular complexity index is 989. The lowest BCUT2D eigenvalue weighted by Crippen LogP contribution is -2.04. The van der Waals surface area contributed by atoms with Crippen molar-refractivity contribution in [3.63, 3.8) is 0 Å². The molecule has 2 aromatic carbocycles. The third-order valence-corrected chi connectivity index (χ3v) is 5.57. The van der Waals surface area contributed by atoms with Crippen LogP contribution in [-0.2, 0) is 12.8 Å². The Morgan fingerprint density at radius 3 is 2.36 bits per heavy atom. The molecule has 3 nitrogen and oxygen atoms in total. The number of ketones is 1. The molecule has 0 aliphatic heterocycles. The number of fused-ring (bicyclic) bond motifs is 1. The average molecular weight is 462 g/mol. The van der Waals surface area contributed by atoms with E-state index in [2.05, 4.69) is 22.9 Å². The highest BCUT2D eigenvalue weighted by Crippen LogP contribution is 2.31. The van der Waals surface area contributed by atoms with Gasteiger partial charge in [0, 0.05) is 28.3 Å². The summed E-state index contributed by atoms with van der Waals surface area (Å²) in [7, 11) is 0. The topological polar surface area (TPSA) is 47.3 Å². The molecule has 5 heteroatoms. The molecule has 0 saturated carbocycles. The van der Waals surface area contributed by atoms with Crippen molar-refractivity contribution in [3.05, 3.63) is 70.5 Å². The number of hydrogen-bond acceptors (Lipinski definition) is 3. The van der Waals surface area contributed by atoms with Gasteiger partial charge in [0.1, 0.15) is 11.3 Å². The smallest absolute Gasteiger partial charge is 0.252 e. The number of hydrogen-bond donors (Lipinski definition) is 0. The van der Waals surface area contributed by atoms with Crippen LogP contribution in [0.2, 0.25) is 0 Å². The van der Waals surface area contributed by atoms with E-state index in [1.54, 1.807) is 18.2 Å². The molecule has 146 valence electrons. The van der Waals surface area contributed by atoms with Gasteiger partial charge in [0.15, 0.2) is 5.78 Å². The van der Waals surface area contributed by atoms with Crippen molar-refractivity contribution < 1.29 is 14.0 Å². The van der Waals surface area contributed by atoms with Gasteiger partial charge in [0.25, 0.3) is 5.24 Å². The minimum atomic E-state index is -0.548. The highest BCUT2D eigenvalue weighted by atomic mass is 79.9. The Morgan fingerprint density at radius 2 is 1.71 bits per heavy atom. The molecule has 0 fully saturated rings. The summed E-state index contributed by atoms with van der Waals surface area (Å²) < 4.78 is 5.98. The fraction of sp³-hybridized carbons (Fsp3) is 0.304. The van der Waals surface area contributed by atoms with Crippen LogP contribution in [-0.4, -0.2) is 16.4 Å². The lowest BCUT2D eigenvalue weighted by atomic mass is 9.96. The number of halogens is 2. The maximum absolute atomic E-state index is 13.3. The van der Waals surface area contributed by atoms with Crippen molar-refractivity contribution >= 4 is 49.5 Å². The van der Waals surface area contributed by atoms with Crippen LogP contribution >= 0.6 is 27.5 Å². The van der Waals surface area contributed by atoms with E-state index >= 15 is 0 Å². The first kappa shape index (κ1) is 20.8. The first-order valence-electron chi connectivity index (χ1n) is 9.50. The summed E-state index contributed by atoms with van der Waals surface area (Å²) in [6.45, 7) is 2.10. The van der Waals surface area contributed by atoms with Gasteiger partial charge in [-0.25, -0.2) is 0 Å². The molecule has 1 aromatic heterocycles. The lowest BCUT2D eigenvalue weighted by Gasteiger charge is -2.05. The third-order valence-electron chi connectivity index (χ3n) is 4.79. The van der Waals surface area contributed by atoms with Crippen LogP contribution in [0.25, 0.3) is 11.0 Å². The van der Waals surface area contributed by atoms with Gasteiger partial charge >= 0.3 is 0 Å². The summed E-state index contributed by atoms with van der Waals surface area (Å²) in [5, 5.41) is 1.05. The Hall–Kier alpha value is -1.91. The van der Waals surface area contributed by atoms with Gasteiger partial charge in [0.05, 0.1) is 5.56 Å². The fourth-order valence-electron chi connectivity index (χ4n) is 3.27. The minimum Gasteiger partial charge on any atom is -0.460 e. The zero-order valence-corrected chi connectivity index (χ0v) is 18.1. The first-order chi connectivity index (χ1) is 13.5. The van der Waals surface area contributed by atoms with Gasteiger partial charge in [-0.05, 0) is 54.6 Å². The lowest BCUT2D eigenvalue weighted by molar-refractivity contribution is 0.103. The molecule has 0 atom stereocenters. The van der Waals surface area contributed by atoms with E-state index < -0.39 is 5.24 Å². The van der Waals surface area contributed by atoms with E-state index in [0.29, 0.717) is 39.8 Å². The Kier molecular flexibility index (Phi) is 7.08. The van der Waals surface area contributed by atoms with Crippen LogP contribution in [0.15, 0.2) is 46.9 Å². The van der Waals surface area contributed by atoms with Gasteiger partial charge in [-0.15, -0.1) is 0 Å². The number of carbonyl (C=O) groups is 2. The van der Waals surface area contributed by atoms with Gasteiger partial charge in [0.2, 0.25) is 0 Å². The molecule has 0 N–H and O–H groups in total. The van der Waals surface area contributed by atoms with E-state index in [1.165, 1.54) is 5.56 Å². The molecule has 0 radical (unpaired) electrons. The second-order valence-corrected chi connectivity index (χ2v) is 7.94. The van der Waals surface area contributed by atoms with E-state index in [1.807, 2.05) is 24.3 Å². The zero-order valence-electron chi connectivity index (χ0n) is 15.8. The standard InChI is InChI=1S/C23H22BrClO3/c1-2-3-6-20-21(18-14-17(23(25)27)11-12-19(18)28-20)22(26)16-9-7-15(8-10-16)5-4-13-24/h7-12,14H,2-6,13H2,1H3. The molecule has 1 heterocycles. The predicted octanol–water partition coefficient (Wildman–Crippen LogP) is 6.71. The van der Waals surface area contributed by atoms with Gasteiger partial charge in [-0.2, -0.15) is 0 Å². The molecule has 0 saturated heterocycles. The monoisotopic (exact) mass is 460 g/mol. The number of benzene rings is 2. The van der Waals surface area contributed by atoms with Crippen LogP contribution < -0.4 is 0 Å². The average Bonchev–Trinajstić information content (AvgIpc) is 3.07. The highest BCUT2D eigenvalue weighted by molar-refractivity contribution is 9.09. The third kappa shape index (κ3) is 4.56. The van der Waals surface area contributed by atoms with Crippen LogP contribution in [0, 0.1) is 0 Å². The Morgan fingerprint density at radius 1 is 1.00 bits per heavy atom. The molecular weight excluding hydrogens is 440 g/mol. The molecule has 0 bridgehead atoms. The largest absolute Gasteiger partial charge is 0.460 e. The quantitative estimate of drug-likeness (QED) is 0.202. The zero-order chi connectivity index (χ0) is 20.1. The van der Waals surface area contributed by atoms with Crippen LogP contribution in [0.5, 0.6) is 0 Å². The molecule has 0 spiro atoms. The maximum Gasteiger partial charge on any atom is 0.252 e. The molecule has 0 unspecified atom stereocenters. The Labute approximate surface area is 178 Å². The van der Waals surface area contributed by atoms with Crippen LogP contribution in [0.4, 0.5) is 0 Å². The highest BCUT2D eigenvalue weighted by Gasteiger charge is 2.22. The fourth-order valence-corrected chi connectivity index (χ4v) is 3.67. The molecule has 0 aliphatic rings. The van der Waals surface area contributed by atoms with Crippen molar-refractivity contribution in [2.45, 2.75) is 39.0 Å². The van der Waals surface area contributed by atoms with Gasteiger partial charge in [-0.1, -0.05) is 53.5 Å². The second kappa shape index (κ2) is 9.53. The molecule has 3 rings (SSSR count). The normalized spacial score (nSPS) is 11.1.